The third-order valence-electron chi connectivity index (χ3n) is 4.35. The van der Waals surface area contributed by atoms with Gasteiger partial charge in [-0.05, 0) is 24.3 Å². The van der Waals surface area contributed by atoms with E-state index in [0.717, 1.165) is 24.9 Å². The van der Waals surface area contributed by atoms with Crippen molar-refractivity contribution in [3.63, 3.8) is 0 Å². The van der Waals surface area contributed by atoms with Crippen molar-refractivity contribution in [3.05, 3.63) is 22.7 Å². The van der Waals surface area contributed by atoms with E-state index >= 15 is 0 Å². The highest BCUT2D eigenvalue weighted by Crippen LogP contribution is 2.29. The van der Waals surface area contributed by atoms with Gasteiger partial charge in [0.25, 0.3) is 5.89 Å². The molecule has 2 aliphatic heterocycles. The molecule has 4 rings (SSSR count). The predicted octanol–water partition coefficient (Wildman–Crippen LogP) is 2.15. The average molecular weight is 319 g/mol. The van der Waals surface area contributed by atoms with Gasteiger partial charge in [-0.1, -0.05) is 5.16 Å². The number of carbonyl (C=O) groups is 1. The first-order valence-corrected chi connectivity index (χ1v) is 8.48. The number of likely N-dealkylation sites (tertiary alicyclic amines) is 1. The van der Waals surface area contributed by atoms with E-state index in [2.05, 4.69) is 10.1 Å². The van der Waals surface area contributed by atoms with E-state index in [1.165, 1.54) is 0 Å². The van der Waals surface area contributed by atoms with Gasteiger partial charge in [0.1, 0.15) is 0 Å². The van der Waals surface area contributed by atoms with Crippen LogP contribution in [0.5, 0.6) is 0 Å². The summed E-state index contributed by atoms with van der Waals surface area (Å²) in [6, 6.07) is 1.96. The smallest absolute Gasteiger partial charge is 0.258 e. The number of amides is 1. The van der Waals surface area contributed by atoms with Crippen molar-refractivity contribution in [3.8, 4) is 11.5 Å². The van der Waals surface area contributed by atoms with E-state index in [0.29, 0.717) is 31.5 Å². The lowest BCUT2D eigenvalue weighted by Gasteiger charge is -2.19. The number of carbonyl (C=O) groups excluding carboxylic acids is 1. The number of nitrogens with zero attached hydrogens (tertiary/aromatic N) is 3. The Morgan fingerprint density at radius 2 is 2.36 bits per heavy atom. The van der Waals surface area contributed by atoms with Gasteiger partial charge in [-0.15, -0.1) is 0 Å². The molecular formula is C15H17N3O3S. The Hall–Kier alpha value is -1.73. The lowest BCUT2D eigenvalue weighted by Crippen LogP contribution is -2.34. The van der Waals surface area contributed by atoms with Crippen molar-refractivity contribution in [2.45, 2.75) is 18.8 Å². The lowest BCUT2D eigenvalue weighted by molar-refractivity contribution is -0.134. The van der Waals surface area contributed by atoms with Crippen molar-refractivity contribution < 1.29 is 14.1 Å². The Morgan fingerprint density at radius 3 is 3.14 bits per heavy atom. The van der Waals surface area contributed by atoms with Gasteiger partial charge in [-0.2, -0.15) is 16.3 Å². The summed E-state index contributed by atoms with van der Waals surface area (Å²) < 4.78 is 10.6. The molecule has 22 heavy (non-hydrogen) atoms. The number of hydrogen-bond donors (Lipinski definition) is 0. The molecule has 1 amide bonds. The van der Waals surface area contributed by atoms with Crippen LogP contribution in [0.4, 0.5) is 0 Å². The molecule has 2 saturated heterocycles. The van der Waals surface area contributed by atoms with E-state index in [9.17, 15) is 4.79 Å². The second kappa shape index (κ2) is 5.81. The normalized spacial score (nSPS) is 25.0. The van der Waals surface area contributed by atoms with Gasteiger partial charge in [-0.3, -0.25) is 4.79 Å². The average Bonchev–Trinajstić information content (AvgIpc) is 3.35. The van der Waals surface area contributed by atoms with Crippen molar-refractivity contribution in [1.29, 1.82) is 0 Å². The minimum Gasteiger partial charge on any atom is -0.381 e. The number of hydrogen-bond acceptors (Lipinski definition) is 6. The minimum atomic E-state index is 0.0328. The topological polar surface area (TPSA) is 68.5 Å². The van der Waals surface area contributed by atoms with Crippen LogP contribution in [0, 0.1) is 5.92 Å². The maximum Gasteiger partial charge on any atom is 0.258 e. The molecule has 2 atom stereocenters. The van der Waals surface area contributed by atoms with Gasteiger partial charge in [-0.25, -0.2) is 0 Å². The van der Waals surface area contributed by atoms with Gasteiger partial charge >= 0.3 is 0 Å². The molecule has 116 valence electrons. The largest absolute Gasteiger partial charge is 0.381 e. The summed E-state index contributed by atoms with van der Waals surface area (Å²) in [5.41, 5.74) is 0.956. The molecular weight excluding hydrogens is 302 g/mol. The van der Waals surface area contributed by atoms with Crippen LogP contribution in [-0.4, -0.2) is 47.3 Å². The van der Waals surface area contributed by atoms with E-state index in [1.807, 2.05) is 21.7 Å². The number of rotatable bonds is 3. The third-order valence-corrected chi connectivity index (χ3v) is 5.04. The number of thiophene rings is 1. The van der Waals surface area contributed by atoms with Crippen LogP contribution < -0.4 is 0 Å². The second-order valence-electron chi connectivity index (χ2n) is 5.80. The molecule has 7 heteroatoms. The highest BCUT2D eigenvalue weighted by molar-refractivity contribution is 7.08. The quantitative estimate of drug-likeness (QED) is 0.867. The Balaban J connectivity index is 1.43. The molecule has 6 nitrogen and oxygen atoms in total. The standard InChI is InChI=1S/C15H17N3O3S/c19-15(11-2-5-20-8-11)18-4-1-10(7-18)13-16-14(21-17-13)12-3-6-22-9-12/h3,6,9-11H,1-2,4-5,7-8H2/t10-,11-/m0/s1. The summed E-state index contributed by atoms with van der Waals surface area (Å²) in [6.45, 7) is 2.70. The SMILES string of the molecule is O=C([C@H]1CCOC1)N1CC[C@H](c2noc(-c3ccsc3)n2)C1. The van der Waals surface area contributed by atoms with Crippen molar-refractivity contribution >= 4 is 17.2 Å². The highest BCUT2D eigenvalue weighted by atomic mass is 32.1. The molecule has 0 spiro atoms. The molecule has 0 saturated carbocycles. The predicted molar refractivity (Wildman–Crippen MR) is 80.5 cm³/mol. The minimum absolute atomic E-state index is 0.0328. The van der Waals surface area contributed by atoms with Crippen LogP contribution in [0.1, 0.15) is 24.6 Å². The molecule has 0 aliphatic carbocycles. The van der Waals surface area contributed by atoms with Gasteiger partial charge in [0, 0.05) is 31.0 Å². The maximum absolute atomic E-state index is 12.4. The molecule has 0 unspecified atom stereocenters. The summed E-state index contributed by atoms with van der Waals surface area (Å²) in [5.74, 6) is 1.68. The first-order chi connectivity index (χ1) is 10.8. The van der Waals surface area contributed by atoms with Crippen LogP contribution in [0.25, 0.3) is 11.5 Å². The monoisotopic (exact) mass is 319 g/mol. The van der Waals surface area contributed by atoms with Gasteiger partial charge < -0.3 is 14.2 Å². The Morgan fingerprint density at radius 1 is 1.41 bits per heavy atom. The van der Waals surface area contributed by atoms with E-state index in [1.54, 1.807) is 11.3 Å². The molecule has 2 aliphatic rings. The van der Waals surface area contributed by atoms with Crippen molar-refractivity contribution in [2.75, 3.05) is 26.3 Å². The van der Waals surface area contributed by atoms with Gasteiger partial charge in [0.2, 0.25) is 5.91 Å². The van der Waals surface area contributed by atoms with Crippen LogP contribution in [0.3, 0.4) is 0 Å². The lowest BCUT2D eigenvalue weighted by atomic mass is 10.1. The zero-order chi connectivity index (χ0) is 14.9. The molecule has 4 heterocycles. The van der Waals surface area contributed by atoms with Crippen molar-refractivity contribution in [1.82, 2.24) is 15.0 Å². The van der Waals surface area contributed by atoms with Gasteiger partial charge in [0.05, 0.1) is 18.1 Å². The first-order valence-electron chi connectivity index (χ1n) is 7.54. The third kappa shape index (κ3) is 2.55. The second-order valence-corrected chi connectivity index (χ2v) is 6.58. The molecule has 2 aromatic rings. The molecule has 2 aromatic heterocycles. The summed E-state index contributed by atoms with van der Waals surface area (Å²) in [5, 5.41) is 8.07. The molecule has 0 radical (unpaired) electrons. The molecule has 0 aromatic carbocycles. The van der Waals surface area contributed by atoms with E-state index < -0.39 is 0 Å². The Kier molecular flexibility index (Phi) is 3.67. The summed E-state index contributed by atoms with van der Waals surface area (Å²) in [6.07, 6.45) is 1.73. The highest BCUT2D eigenvalue weighted by Gasteiger charge is 2.35. The first kappa shape index (κ1) is 13.9. The van der Waals surface area contributed by atoms with E-state index in [4.69, 9.17) is 9.26 Å². The number of ether oxygens (including phenoxy) is 1. The Labute approximate surface area is 132 Å². The fraction of sp³-hybridized carbons (Fsp3) is 0.533. The number of aromatic nitrogens is 2. The molecule has 2 fully saturated rings. The summed E-state index contributed by atoms with van der Waals surface area (Å²) >= 11 is 1.60. The summed E-state index contributed by atoms with van der Waals surface area (Å²) in [4.78, 5) is 18.8. The summed E-state index contributed by atoms with van der Waals surface area (Å²) in [7, 11) is 0. The van der Waals surface area contributed by atoms with Crippen LogP contribution in [0.2, 0.25) is 0 Å². The Bertz CT molecular complexity index is 649. The van der Waals surface area contributed by atoms with Crippen LogP contribution >= 0.6 is 11.3 Å². The van der Waals surface area contributed by atoms with Crippen molar-refractivity contribution in [2.24, 2.45) is 5.92 Å². The van der Waals surface area contributed by atoms with Crippen LogP contribution in [-0.2, 0) is 9.53 Å². The zero-order valence-corrected chi connectivity index (χ0v) is 12.9. The van der Waals surface area contributed by atoms with Crippen LogP contribution in [0.15, 0.2) is 21.3 Å². The molecule has 0 bridgehead atoms. The van der Waals surface area contributed by atoms with E-state index in [-0.39, 0.29) is 17.7 Å². The molecule has 0 N–H and O–H groups in total. The van der Waals surface area contributed by atoms with Gasteiger partial charge in [0.15, 0.2) is 5.82 Å². The zero-order valence-electron chi connectivity index (χ0n) is 12.1. The fourth-order valence-corrected chi connectivity index (χ4v) is 3.69. The maximum atomic E-state index is 12.4. The fourth-order valence-electron chi connectivity index (χ4n) is 3.06.